The zero-order valence-electron chi connectivity index (χ0n) is 5.31. The normalized spacial score (nSPS) is 9.18. The van der Waals surface area contributed by atoms with Crippen molar-refractivity contribution in [3.8, 4) is 11.8 Å². The fourth-order valence-electron chi connectivity index (χ4n) is 0.667. The Morgan fingerprint density at radius 2 is 1.73 bits per heavy atom. The molecule has 0 bridgehead atoms. The van der Waals surface area contributed by atoms with Gasteiger partial charge in [0.05, 0.1) is 15.6 Å². The van der Waals surface area contributed by atoms with Crippen LogP contribution in [0.1, 0.15) is 5.56 Å². The highest BCUT2D eigenvalue weighted by molar-refractivity contribution is 6.36. The molecule has 0 heterocycles. The zero-order chi connectivity index (χ0) is 8.43. The minimum Gasteiger partial charge on any atom is -0.508 e. The molecule has 0 spiro atoms. The fourth-order valence-corrected chi connectivity index (χ4v) is 1.23. The summed E-state index contributed by atoms with van der Waals surface area (Å²) in [6.07, 6.45) is 0. The van der Waals surface area contributed by atoms with Gasteiger partial charge in [-0.2, -0.15) is 5.26 Å². The Bertz CT molecular complexity index is 307. The van der Waals surface area contributed by atoms with Crippen LogP contribution in [-0.4, -0.2) is 5.11 Å². The molecule has 11 heavy (non-hydrogen) atoms. The highest BCUT2D eigenvalue weighted by Crippen LogP contribution is 2.28. The molecule has 4 heteroatoms. The molecule has 2 nitrogen and oxygen atoms in total. The van der Waals surface area contributed by atoms with Crippen molar-refractivity contribution in [1.29, 1.82) is 5.26 Å². The maximum absolute atomic E-state index is 8.94. The van der Waals surface area contributed by atoms with E-state index in [0.717, 1.165) is 0 Å². The first-order valence-corrected chi connectivity index (χ1v) is 3.49. The standard InChI is InChI=1S/C7H3Cl2NO/c8-6-1-4(11)2-7(9)5(6)3-10/h1-2,11H. The maximum Gasteiger partial charge on any atom is 0.118 e. The van der Waals surface area contributed by atoms with E-state index >= 15 is 0 Å². The summed E-state index contributed by atoms with van der Waals surface area (Å²) < 4.78 is 0. The third-order valence-corrected chi connectivity index (χ3v) is 1.73. The number of aromatic hydroxyl groups is 1. The van der Waals surface area contributed by atoms with Gasteiger partial charge in [-0.25, -0.2) is 0 Å². The molecule has 0 amide bonds. The van der Waals surface area contributed by atoms with Crippen LogP contribution in [0.15, 0.2) is 12.1 Å². The highest BCUT2D eigenvalue weighted by Gasteiger charge is 2.05. The number of nitriles is 1. The van der Waals surface area contributed by atoms with Gasteiger partial charge in [0.15, 0.2) is 0 Å². The number of halogens is 2. The third kappa shape index (κ3) is 1.56. The average molecular weight is 188 g/mol. The molecule has 0 aliphatic carbocycles. The van der Waals surface area contributed by atoms with Crippen molar-refractivity contribution in [2.45, 2.75) is 0 Å². The monoisotopic (exact) mass is 187 g/mol. The van der Waals surface area contributed by atoms with Gasteiger partial charge < -0.3 is 5.11 Å². The summed E-state index contributed by atoms with van der Waals surface area (Å²) in [5.74, 6) is -0.0426. The molecule has 0 unspecified atom stereocenters. The number of benzene rings is 1. The Kier molecular flexibility index (Phi) is 2.23. The van der Waals surface area contributed by atoms with Gasteiger partial charge in [0.2, 0.25) is 0 Å². The van der Waals surface area contributed by atoms with E-state index in [9.17, 15) is 0 Å². The van der Waals surface area contributed by atoms with Crippen LogP contribution in [0.4, 0.5) is 0 Å². The first kappa shape index (κ1) is 8.19. The molecule has 1 aromatic carbocycles. The van der Waals surface area contributed by atoms with Crippen LogP contribution in [0.25, 0.3) is 0 Å². The minimum absolute atomic E-state index is 0.0426. The lowest BCUT2D eigenvalue weighted by atomic mass is 10.2. The molecule has 0 fully saturated rings. The average Bonchev–Trinajstić information content (AvgIpc) is 1.85. The van der Waals surface area contributed by atoms with Crippen molar-refractivity contribution in [2.24, 2.45) is 0 Å². The largest absolute Gasteiger partial charge is 0.508 e. The second kappa shape index (κ2) is 3.00. The Hall–Kier alpha value is -0.910. The van der Waals surface area contributed by atoms with Crippen LogP contribution in [0.5, 0.6) is 5.75 Å². The lowest BCUT2D eigenvalue weighted by Crippen LogP contribution is -1.78. The van der Waals surface area contributed by atoms with Crippen LogP contribution in [0, 0.1) is 11.3 Å². The molecule has 56 valence electrons. The molecule has 0 saturated carbocycles. The fraction of sp³-hybridized carbons (Fsp3) is 0. The van der Waals surface area contributed by atoms with Crippen molar-refractivity contribution >= 4 is 23.2 Å². The molecule has 0 aliphatic heterocycles. The molecule has 0 aromatic heterocycles. The van der Waals surface area contributed by atoms with Crippen molar-refractivity contribution in [3.05, 3.63) is 27.7 Å². The topological polar surface area (TPSA) is 44.0 Å². The third-order valence-electron chi connectivity index (χ3n) is 1.14. The van der Waals surface area contributed by atoms with E-state index < -0.39 is 0 Å². The highest BCUT2D eigenvalue weighted by atomic mass is 35.5. The van der Waals surface area contributed by atoms with Gasteiger partial charge >= 0.3 is 0 Å². The molecule has 0 saturated heterocycles. The summed E-state index contributed by atoms with van der Waals surface area (Å²) in [7, 11) is 0. The molecule has 0 atom stereocenters. The van der Waals surface area contributed by atoms with Crippen LogP contribution < -0.4 is 0 Å². The molecule has 0 aliphatic rings. The summed E-state index contributed by atoms with van der Waals surface area (Å²) >= 11 is 11.1. The van der Waals surface area contributed by atoms with E-state index in [0.29, 0.717) is 0 Å². The van der Waals surface area contributed by atoms with E-state index in [1.54, 1.807) is 0 Å². The van der Waals surface area contributed by atoms with Crippen molar-refractivity contribution in [2.75, 3.05) is 0 Å². The Labute approximate surface area is 73.6 Å². The summed E-state index contributed by atoms with van der Waals surface area (Å²) in [5, 5.41) is 17.8. The number of phenolic OH excluding ortho intramolecular Hbond substituents is 1. The summed E-state index contributed by atoms with van der Waals surface area (Å²) in [5.41, 5.74) is 0.186. The van der Waals surface area contributed by atoms with Crippen molar-refractivity contribution in [3.63, 3.8) is 0 Å². The molecule has 1 aromatic rings. The lowest BCUT2D eigenvalue weighted by molar-refractivity contribution is 0.475. The maximum atomic E-state index is 8.94. The van der Waals surface area contributed by atoms with Gasteiger partial charge in [-0.15, -0.1) is 0 Å². The van der Waals surface area contributed by atoms with E-state index in [1.807, 2.05) is 6.07 Å². The number of nitrogens with zero attached hydrogens (tertiary/aromatic N) is 1. The quantitative estimate of drug-likeness (QED) is 0.679. The molecule has 1 rings (SSSR count). The SMILES string of the molecule is N#Cc1c(Cl)cc(O)cc1Cl. The number of hydrogen-bond acceptors (Lipinski definition) is 2. The molecular weight excluding hydrogens is 185 g/mol. The van der Waals surface area contributed by atoms with Gasteiger partial charge in [-0.1, -0.05) is 23.2 Å². The second-order valence-electron chi connectivity index (χ2n) is 1.90. The Morgan fingerprint density at radius 3 is 2.09 bits per heavy atom. The van der Waals surface area contributed by atoms with Crippen molar-refractivity contribution < 1.29 is 5.11 Å². The molecule has 1 N–H and O–H groups in total. The lowest BCUT2D eigenvalue weighted by Gasteiger charge is -1.98. The minimum atomic E-state index is -0.0426. The van der Waals surface area contributed by atoms with Crippen LogP contribution in [-0.2, 0) is 0 Å². The smallest absolute Gasteiger partial charge is 0.118 e. The van der Waals surface area contributed by atoms with E-state index in [4.69, 9.17) is 33.6 Å². The summed E-state index contributed by atoms with van der Waals surface area (Å²) in [6, 6.07) is 4.36. The van der Waals surface area contributed by atoms with Crippen LogP contribution >= 0.6 is 23.2 Å². The number of hydrogen-bond donors (Lipinski definition) is 1. The Balaban J connectivity index is 3.40. The van der Waals surface area contributed by atoms with E-state index in [2.05, 4.69) is 0 Å². The zero-order valence-corrected chi connectivity index (χ0v) is 6.82. The van der Waals surface area contributed by atoms with Crippen LogP contribution in [0.2, 0.25) is 10.0 Å². The summed E-state index contributed by atoms with van der Waals surface area (Å²) in [4.78, 5) is 0. The first-order chi connectivity index (χ1) is 5.15. The number of phenols is 1. The first-order valence-electron chi connectivity index (χ1n) is 2.73. The molecular formula is C7H3Cl2NO. The molecule has 0 radical (unpaired) electrons. The van der Waals surface area contributed by atoms with Gasteiger partial charge in [0.25, 0.3) is 0 Å². The predicted octanol–water partition coefficient (Wildman–Crippen LogP) is 2.57. The summed E-state index contributed by atoms with van der Waals surface area (Å²) in [6.45, 7) is 0. The van der Waals surface area contributed by atoms with Gasteiger partial charge in [0.1, 0.15) is 11.8 Å². The van der Waals surface area contributed by atoms with E-state index in [-0.39, 0.29) is 21.4 Å². The Morgan fingerprint density at radius 1 is 1.27 bits per heavy atom. The van der Waals surface area contributed by atoms with Crippen molar-refractivity contribution in [1.82, 2.24) is 0 Å². The predicted molar refractivity (Wildman–Crippen MR) is 42.8 cm³/mol. The number of rotatable bonds is 0. The van der Waals surface area contributed by atoms with Gasteiger partial charge in [-0.3, -0.25) is 0 Å². The van der Waals surface area contributed by atoms with E-state index in [1.165, 1.54) is 12.1 Å². The van der Waals surface area contributed by atoms with Gasteiger partial charge in [0, 0.05) is 0 Å². The second-order valence-corrected chi connectivity index (χ2v) is 2.71. The van der Waals surface area contributed by atoms with Gasteiger partial charge in [-0.05, 0) is 12.1 Å². The van der Waals surface area contributed by atoms with Crippen LogP contribution in [0.3, 0.4) is 0 Å².